The van der Waals surface area contributed by atoms with E-state index in [0.29, 0.717) is 33.9 Å². The summed E-state index contributed by atoms with van der Waals surface area (Å²) in [6.07, 6.45) is 0.387. The van der Waals surface area contributed by atoms with Gasteiger partial charge in [-0.3, -0.25) is 4.79 Å². The SMILES string of the molecule is C[C@H]1Cc2cc(F)c(S(N)(=O)=O)cc2N1C(=O)[C@@H]1CN(c2ccc(-c3ccccc3Cl)cc2F)C1(C)C. The van der Waals surface area contributed by atoms with Crippen molar-refractivity contribution in [2.45, 2.75) is 43.7 Å². The number of amides is 1. The van der Waals surface area contributed by atoms with Crippen LogP contribution in [0.15, 0.2) is 59.5 Å². The van der Waals surface area contributed by atoms with Gasteiger partial charge >= 0.3 is 0 Å². The lowest BCUT2D eigenvalue weighted by molar-refractivity contribution is -0.126. The second kappa shape index (κ2) is 8.79. The molecule has 1 amide bonds. The molecule has 2 aliphatic heterocycles. The third kappa shape index (κ3) is 4.19. The topological polar surface area (TPSA) is 83.7 Å². The molecule has 0 spiro atoms. The summed E-state index contributed by atoms with van der Waals surface area (Å²) < 4.78 is 53.4. The quantitative estimate of drug-likeness (QED) is 0.493. The van der Waals surface area contributed by atoms with E-state index in [0.717, 1.165) is 17.7 Å². The van der Waals surface area contributed by atoms with Crippen LogP contribution in [0.3, 0.4) is 0 Å². The van der Waals surface area contributed by atoms with Crippen LogP contribution in [0.5, 0.6) is 0 Å². The number of anilines is 2. The van der Waals surface area contributed by atoms with Crippen LogP contribution in [0.2, 0.25) is 5.02 Å². The summed E-state index contributed by atoms with van der Waals surface area (Å²) in [7, 11) is -4.30. The van der Waals surface area contributed by atoms with Gasteiger partial charge in [-0.05, 0) is 68.7 Å². The Hall–Kier alpha value is -3.01. The Kier molecular flexibility index (Phi) is 6.09. The number of carbonyl (C=O) groups excluding carboxylic acids is 1. The van der Waals surface area contributed by atoms with Crippen molar-refractivity contribution in [3.05, 3.63) is 76.8 Å². The largest absolute Gasteiger partial charge is 0.362 e. The number of fused-ring (bicyclic) bond motifs is 1. The van der Waals surface area contributed by atoms with Gasteiger partial charge in [-0.15, -0.1) is 0 Å². The summed E-state index contributed by atoms with van der Waals surface area (Å²) in [5, 5.41) is 5.70. The molecule has 0 aromatic heterocycles. The molecule has 2 heterocycles. The summed E-state index contributed by atoms with van der Waals surface area (Å²) >= 11 is 6.27. The zero-order valence-electron chi connectivity index (χ0n) is 20.5. The van der Waals surface area contributed by atoms with Crippen molar-refractivity contribution in [1.29, 1.82) is 0 Å². The maximum absolute atomic E-state index is 15.3. The standard InChI is InChI=1S/C27H26ClF2N3O3S/c1-15-10-17-12-22(30)25(37(31,35)36)13-24(17)33(15)26(34)19-14-32(27(19,2)3)23-9-8-16(11-21(23)29)18-6-4-5-7-20(18)28/h4-9,11-13,15,19H,10,14H2,1-3H3,(H2,31,35,36)/t15-,19-/m0/s1. The number of hydrogen-bond acceptors (Lipinski definition) is 4. The molecule has 0 bridgehead atoms. The predicted octanol–water partition coefficient (Wildman–Crippen LogP) is 5.13. The highest BCUT2D eigenvalue weighted by atomic mass is 35.5. The fourth-order valence-corrected chi connectivity index (χ4v) is 6.29. The first-order valence-electron chi connectivity index (χ1n) is 11.8. The Morgan fingerprint density at radius 3 is 2.38 bits per heavy atom. The maximum atomic E-state index is 15.3. The lowest BCUT2D eigenvalue weighted by Gasteiger charge is -2.56. The van der Waals surface area contributed by atoms with E-state index in [4.69, 9.17) is 16.7 Å². The molecule has 0 radical (unpaired) electrons. The van der Waals surface area contributed by atoms with Crippen LogP contribution >= 0.6 is 11.6 Å². The average molecular weight is 546 g/mol. The van der Waals surface area contributed by atoms with E-state index < -0.39 is 38.0 Å². The lowest BCUT2D eigenvalue weighted by Crippen LogP contribution is -2.69. The van der Waals surface area contributed by atoms with Crippen molar-refractivity contribution in [1.82, 2.24) is 0 Å². The van der Waals surface area contributed by atoms with Crippen molar-refractivity contribution in [3.63, 3.8) is 0 Å². The molecule has 0 saturated carbocycles. The van der Waals surface area contributed by atoms with Gasteiger partial charge in [-0.1, -0.05) is 35.9 Å². The molecule has 2 atom stereocenters. The number of hydrogen-bond donors (Lipinski definition) is 1. The van der Waals surface area contributed by atoms with Crippen molar-refractivity contribution in [2.75, 3.05) is 16.3 Å². The summed E-state index contributed by atoms with van der Waals surface area (Å²) in [5.41, 5.74) is 1.90. The molecule has 3 aromatic carbocycles. The van der Waals surface area contributed by atoms with Gasteiger partial charge in [0.1, 0.15) is 16.5 Å². The smallest absolute Gasteiger partial charge is 0.241 e. The molecule has 1 saturated heterocycles. The van der Waals surface area contributed by atoms with Crippen LogP contribution in [0.25, 0.3) is 11.1 Å². The third-order valence-electron chi connectivity index (χ3n) is 7.53. The van der Waals surface area contributed by atoms with Crippen LogP contribution in [0.1, 0.15) is 26.3 Å². The lowest BCUT2D eigenvalue weighted by atomic mass is 9.75. The average Bonchev–Trinajstić information content (AvgIpc) is 3.13. The molecule has 3 aromatic rings. The number of benzene rings is 3. The highest BCUT2D eigenvalue weighted by Crippen LogP contribution is 2.45. The molecule has 2 aliphatic rings. The zero-order chi connectivity index (χ0) is 26.9. The minimum atomic E-state index is -4.30. The molecule has 194 valence electrons. The minimum Gasteiger partial charge on any atom is -0.362 e. The number of carbonyl (C=O) groups is 1. The summed E-state index contributed by atoms with van der Waals surface area (Å²) in [4.78, 5) is 16.4. The maximum Gasteiger partial charge on any atom is 0.241 e. The molecular formula is C27H26ClF2N3O3S. The monoisotopic (exact) mass is 545 g/mol. The Labute approximate surface area is 219 Å². The first-order valence-corrected chi connectivity index (χ1v) is 13.7. The summed E-state index contributed by atoms with van der Waals surface area (Å²) in [5.74, 6) is -2.09. The van der Waals surface area contributed by atoms with Crippen molar-refractivity contribution < 1.29 is 22.0 Å². The van der Waals surface area contributed by atoms with Crippen LogP contribution < -0.4 is 14.9 Å². The van der Waals surface area contributed by atoms with Gasteiger partial charge in [0.15, 0.2) is 0 Å². The van der Waals surface area contributed by atoms with E-state index in [1.54, 1.807) is 18.2 Å². The first-order chi connectivity index (χ1) is 17.3. The molecule has 5 rings (SSSR count). The van der Waals surface area contributed by atoms with Gasteiger partial charge in [-0.25, -0.2) is 22.3 Å². The normalized spacial score (nSPS) is 20.5. The van der Waals surface area contributed by atoms with Crippen molar-refractivity contribution in [3.8, 4) is 11.1 Å². The summed E-state index contributed by atoms with van der Waals surface area (Å²) in [6.45, 7) is 5.82. The molecule has 0 aliphatic carbocycles. The van der Waals surface area contributed by atoms with E-state index in [9.17, 15) is 17.6 Å². The Bertz CT molecular complexity index is 1540. The van der Waals surface area contributed by atoms with Gasteiger partial charge in [0.25, 0.3) is 0 Å². The Balaban J connectivity index is 1.42. The molecule has 37 heavy (non-hydrogen) atoms. The van der Waals surface area contributed by atoms with Crippen molar-refractivity contribution >= 4 is 38.9 Å². The van der Waals surface area contributed by atoms with E-state index in [-0.39, 0.29) is 18.5 Å². The molecular weight excluding hydrogens is 520 g/mol. The van der Waals surface area contributed by atoms with Crippen LogP contribution in [-0.4, -0.2) is 32.5 Å². The van der Waals surface area contributed by atoms with Crippen molar-refractivity contribution in [2.24, 2.45) is 11.1 Å². The number of sulfonamides is 1. The molecule has 0 unspecified atom stereocenters. The van der Waals surface area contributed by atoms with Gasteiger partial charge in [0, 0.05) is 34.4 Å². The highest BCUT2D eigenvalue weighted by Gasteiger charge is 2.53. The van der Waals surface area contributed by atoms with E-state index in [2.05, 4.69) is 0 Å². The number of nitrogens with two attached hydrogens (primary N) is 1. The fraction of sp³-hybridized carbons (Fsp3) is 0.296. The van der Waals surface area contributed by atoms with E-state index in [1.807, 2.05) is 43.9 Å². The summed E-state index contributed by atoms with van der Waals surface area (Å²) in [6, 6.07) is 14.1. The van der Waals surface area contributed by atoms with Gasteiger partial charge in [0.2, 0.25) is 15.9 Å². The third-order valence-corrected chi connectivity index (χ3v) is 8.78. The Morgan fingerprint density at radius 2 is 1.76 bits per heavy atom. The molecule has 2 N–H and O–H groups in total. The number of halogens is 3. The number of rotatable bonds is 4. The van der Waals surface area contributed by atoms with E-state index in [1.165, 1.54) is 11.0 Å². The second-order valence-electron chi connectivity index (χ2n) is 10.2. The first kappa shape index (κ1) is 25.6. The predicted molar refractivity (Wildman–Crippen MR) is 140 cm³/mol. The highest BCUT2D eigenvalue weighted by molar-refractivity contribution is 7.89. The van der Waals surface area contributed by atoms with Gasteiger partial charge in [0.05, 0.1) is 11.6 Å². The zero-order valence-corrected chi connectivity index (χ0v) is 22.1. The minimum absolute atomic E-state index is 0.229. The van der Waals surface area contributed by atoms with Gasteiger partial charge in [-0.2, -0.15) is 0 Å². The number of primary sulfonamides is 1. The Morgan fingerprint density at radius 1 is 1.05 bits per heavy atom. The number of nitrogens with zero attached hydrogens (tertiary/aromatic N) is 2. The van der Waals surface area contributed by atoms with Gasteiger partial charge < -0.3 is 9.80 Å². The van der Waals surface area contributed by atoms with Crippen LogP contribution in [0.4, 0.5) is 20.2 Å². The van der Waals surface area contributed by atoms with E-state index >= 15 is 4.39 Å². The van der Waals surface area contributed by atoms with Crippen LogP contribution in [0, 0.1) is 17.6 Å². The molecule has 1 fully saturated rings. The van der Waals surface area contributed by atoms with Crippen LogP contribution in [-0.2, 0) is 21.2 Å². The molecule has 6 nitrogen and oxygen atoms in total. The molecule has 10 heteroatoms. The second-order valence-corrected chi connectivity index (χ2v) is 12.1. The fourth-order valence-electron chi connectivity index (χ4n) is 5.44.